The smallest absolute Gasteiger partial charge is 0.238 e. The number of halogens is 1. The molecule has 1 aromatic heterocycles. The highest BCUT2D eigenvalue weighted by Crippen LogP contribution is 2.38. The van der Waals surface area contributed by atoms with Crippen molar-refractivity contribution in [3.63, 3.8) is 0 Å². The molecule has 0 spiro atoms. The third-order valence-electron chi connectivity index (χ3n) is 4.30. The van der Waals surface area contributed by atoms with E-state index in [0.29, 0.717) is 16.5 Å². The fourth-order valence-electron chi connectivity index (χ4n) is 2.90. The SMILES string of the molecule is O=C(CC1Sc2ccc(Cl)cc2NC1=O)NCc1ncc(-c2ccccc2)[nH]1. The second kappa shape index (κ2) is 8.08. The molecule has 3 N–H and O–H groups in total. The number of carbonyl (C=O) groups is 2. The van der Waals surface area contributed by atoms with E-state index in [0.717, 1.165) is 16.2 Å². The van der Waals surface area contributed by atoms with Crippen molar-refractivity contribution in [2.45, 2.75) is 23.1 Å². The number of aromatic amines is 1. The Hall–Kier alpha value is -2.77. The molecule has 3 aromatic rings. The van der Waals surface area contributed by atoms with Gasteiger partial charge >= 0.3 is 0 Å². The van der Waals surface area contributed by atoms with E-state index in [1.54, 1.807) is 18.3 Å². The molecule has 28 heavy (non-hydrogen) atoms. The van der Waals surface area contributed by atoms with Gasteiger partial charge in [0.05, 0.1) is 29.4 Å². The Morgan fingerprint density at radius 1 is 1.21 bits per heavy atom. The van der Waals surface area contributed by atoms with Crippen LogP contribution in [-0.4, -0.2) is 27.0 Å². The molecule has 0 radical (unpaired) electrons. The maximum atomic E-state index is 12.3. The lowest BCUT2D eigenvalue weighted by Crippen LogP contribution is -2.34. The van der Waals surface area contributed by atoms with Crippen molar-refractivity contribution in [2.24, 2.45) is 0 Å². The van der Waals surface area contributed by atoms with E-state index in [2.05, 4.69) is 20.6 Å². The van der Waals surface area contributed by atoms with Gasteiger partial charge in [0.2, 0.25) is 11.8 Å². The lowest BCUT2D eigenvalue weighted by atomic mass is 10.2. The summed E-state index contributed by atoms with van der Waals surface area (Å²) in [4.78, 5) is 33.0. The second-order valence-corrected chi connectivity index (χ2v) is 8.01. The molecule has 6 nitrogen and oxygen atoms in total. The van der Waals surface area contributed by atoms with Gasteiger partial charge in [0, 0.05) is 16.3 Å². The quantitative estimate of drug-likeness (QED) is 0.594. The monoisotopic (exact) mass is 412 g/mol. The van der Waals surface area contributed by atoms with Crippen LogP contribution in [0.1, 0.15) is 12.2 Å². The summed E-state index contributed by atoms with van der Waals surface area (Å²) in [6.45, 7) is 0.275. The maximum absolute atomic E-state index is 12.3. The molecule has 1 aliphatic heterocycles. The molecule has 4 rings (SSSR count). The van der Waals surface area contributed by atoms with Crippen LogP contribution in [0.4, 0.5) is 5.69 Å². The summed E-state index contributed by atoms with van der Waals surface area (Å²) in [5.74, 6) is 0.259. The Bertz CT molecular complexity index is 1020. The van der Waals surface area contributed by atoms with Crippen molar-refractivity contribution in [1.82, 2.24) is 15.3 Å². The van der Waals surface area contributed by atoms with Crippen LogP contribution in [0.5, 0.6) is 0 Å². The molecule has 2 aromatic carbocycles. The highest BCUT2D eigenvalue weighted by Gasteiger charge is 2.29. The van der Waals surface area contributed by atoms with Gasteiger partial charge in [-0.05, 0) is 23.8 Å². The van der Waals surface area contributed by atoms with E-state index in [1.165, 1.54) is 11.8 Å². The number of rotatable bonds is 5. The molecule has 0 saturated heterocycles. The highest BCUT2D eigenvalue weighted by molar-refractivity contribution is 8.01. The summed E-state index contributed by atoms with van der Waals surface area (Å²) in [6.07, 6.45) is 1.83. The molecule has 0 bridgehead atoms. The van der Waals surface area contributed by atoms with Gasteiger partial charge in [0.1, 0.15) is 5.82 Å². The van der Waals surface area contributed by atoms with Crippen LogP contribution in [0.3, 0.4) is 0 Å². The Morgan fingerprint density at radius 2 is 2.04 bits per heavy atom. The van der Waals surface area contributed by atoms with Crippen molar-refractivity contribution in [3.05, 3.63) is 65.6 Å². The summed E-state index contributed by atoms with van der Waals surface area (Å²) < 4.78 is 0. The minimum absolute atomic E-state index is 0.0881. The van der Waals surface area contributed by atoms with Crippen molar-refractivity contribution in [1.29, 1.82) is 0 Å². The first-order valence-corrected chi connectivity index (χ1v) is 9.97. The van der Waals surface area contributed by atoms with E-state index < -0.39 is 5.25 Å². The third-order valence-corrected chi connectivity index (χ3v) is 5.81. The highest BCUT2D eigenvalue weighted by atomic mass is 35.5. The van der Waals surface area contributed by atoms with Crippen LogP contribution < -0.4 is 10.6 Å². The number of aromatic nitrogens is 2. The molecule has 142 valence electrons. The average Bonchev–Trinajstić information content (AvgIpc) is 3.17. The Labute approximate surface area is 171 Å². The molecule has 0 fully saturated rings. The lowest BCUT2D eigenvalue weighted by Gasteiger charge is -2.23. The normalized spacial score (nSPS) is 15.6. The fraction of sp³-hybridized carbons (Fsp3) is 0.150. The fourth-order valence-corrected chi connectivity index (χ4v) is 4.16. The number of thioether (sulfide) groups is 1. The average molecular weight is 413 g/mol. The molecule has 1 atom stereocenters. The number of fused-ring (bicyclic) bond motifs is 1. The third kappa shape index (κ3) is 4.21. The number of amides is 2. The second-order valence-electron chi connectivity index (χ2n) is 6.33. The predicted molar refractivity (Wildman–Crippen MR) is 110 cm³/mol. The standard InChI is InChI=1S/C20H17ClN4O2S/c21-13-6-7-16-14(8-13)25-20(27)17(28-16)9-19(26)23-11-18-22-10-15(24-18)12-4-2-1-3-5-12/h1-8,10,17H,9,11H2,(H,22,24)(H,23,26)(H,25,27). The lowest BCUT2D eigenvalue weighted by molar-refractivity contribution is -0.124. The van der Waals surface area contributed by atoms with Crippen molar-refractivity contribution in [3.8, 4) is 11.3 Å². The van der Waals surface area contributed by atoms with Crippen LogP contribution in [-0.2, 0) is 16.1 Å². The number of anilines is 1. The van der Waals surface area contributed by atoms with E-state index in [4.69, 9.17) is 11.6 Å². The number of imidazole rings is 1. The number of H-pyrrole nitrogens is 1. The zero-order valence-electron chi connectivity index (χ0n) is 14.7. The van der Waals surface area contributed by atoms with E-state index in [9.17, 15) is 9.59 Å². The molecule has 0 saturated carbocycles. The van der Waals surface area contributed by atoms with Crippen LogP contribution in [0.15, 0.2) is 59.6 Å². The van der Waals surface area contributed by atoms with Crippen LogP contribution >= 0.6 is 23.4 Å². The topological polar surface area (TPSA) is 86.9 Å². The molecule has 2 amide bonds. The van der Waals surface area contributed by atoms with Crippen molar-refractivity contribution >= 4 is 40.9 Å². The first-order chi connectivity index (χ1) is 13.6. The molecule has 8 heteroatoms. The van der Waals surface area contributed by atoms with Gasteiger partial charge in [-0.3, -0.25) is 9.59 Å². The molecule has 2 heterocycles. The van der Waals surface area contributed by atoms with Gasteiger partial charge in [-0.15, -0.1) is 11.8 Å². The first-order valence-electron chi connectivity index (χ1n) is 8.71. The van der Waals surface area contributed by atoms with E-state index in [-0.39, 0.29) is 24.8 Å². The van der Waals surface area contributed by atoms with Crippen LogP contribution in [0.2, 0.25) is 5.02 Å². The number of hydrogen-bond acceptors (Lipinski definition) is 4. The number of carbonyl (C=O) groups excluding carboxylic acids is 2. The molecule has 1 aliphatic rings. The van der Waals surface area contributed by atoms with Crippen LogP contribution in [0, 0.1) is 0 Å². The predicted octanol–water partition coefficient (Wildman–Crippen LogP) is 3.85. The van der Waals surface area contributed by atoms with Gasteiger partial charge in [-0.2, -0.15) is 0 Å². The van der Waals surface area contributed by atoms with E-state index >= 15 is 0 Å². The summed E-state index contributed by atoms with van der Waals surface area (Å²) >= 11 is 7.32. The minimum atomic E-state index is -0.481. The largest absolute Gasteiger partial charge is 0.349 e. The summed E-state index contributed by atoms with van der Waals surface area (Å²) in [5.41, 5.74) is 2.60. The first kappa shape index (κ1) is 18.6. The maximum Gasteiger partial charge on any atom is 0.238 e. The minimum Gasteiger partial charge on any atom is -0.349 e. The van der Waals surface area contributed by atoms with E-state index in [1.807, 2.05) is 36.4 Å². The van der Waals surface area contributed by atoms with Crippen LogP contribution in [0.25, 0.3) is 11.3 Å². The number of nitrogens with zero attached hydrogens (tertiary/aromatic N) is 1. The number of benzene rings is 2. The van der Waals surface area contributed by atoms with Gasteiger partial charge in [0.25, 0.3) is 0 Å². The zero-order chi connectivity index (χ0) is 19.5. The Morgan fingerprint density at radius 3 is 2.86 bits per heavy atom. The van der Waals surface area contributed by atoms with Gasteiger partial charge in [-0.1, -0.05) is 41.9 Å². The number of nitrogens with one attached hydrogen (secondary N) is 3. The number of hydrogen-bond donors (Lipinski definition) is 3. The van der Waals surface area contributed by atoms with Gasteiger partial charge in [0.15, 0.2) is 0 Å². The molecule has 1 unspecified atom stereocenters. The van der Waals surface area contributed by atoms with Gasteiger partial charge in [-0.25, -0.2) is 4.98 Å². The Kier molecular flexibility index (Phi) is 5.36. The summed E-state index contributed by atoms with van der Waals surface area (Å²) in [6, 6.07) is 15.2. The molecular formula is C20H17ClN4O2S. The molecule has 0 aliphatic carbocycles. The van der Waals surface area contributed by atoms with Gasteiger partial charge < -0.3 is 15.6 Å². The van der Waals surface area contributed by atoms with Crippen molar-refractivity contribution < 1.29 is 9.59 Å². The summed E-state index contributed by atoms with van der Waals surface area (Å²) in [5, 5.41) is 5.70. The Balaban J connectivity index is 1.33. The summed E-state index contributed by atoms with van der Waals surface area (Å²) in [7, 11) is 0. The van der Waals surface area contributed by atoms with Crippen molar-refractivity contribution in [2.75, 3.05) is 5.32 Å². The molecular weight excluding hydrogens is 396 g/mol. The zero-order valence-corrected chi connectivity index (χ0v) is 16.3.